The number of esters is 1. The number of hydrogen-bond acceptors (Lipinski definition) is 3. The molecule has 0 radical (unpaired) electrons. The molecular formula is C10H9F3N2O3. The number of carbonyl (C=O) groups excluding carboxylic acids is 2. The van der Waals surface area contributed by atoms with Crippen LogP contribution >= 0.6 is 0 Å². The number of ether oxygens (including phenoxy) is 1. The molecule has 0 atom stereocenters. The van der Waals surface area contributed by atoms with Gasteiger partial charge in [-0.15, -0.1) is 0 Å². The van der Waals surface area contributed by atoms with E-state index in [9.17, 15) is 22.8 Å². The smallest absolute Gasteiger partial charge is 0.465 e. The van der Waals surface area contributed by atoms with Crippen LogP contribution in [0.1, 0.15) is 10.4 Å². The summed E-state index contributed by atoms with van der Waals surface area (Å²) in [4.78, 5) is 22.3. The van der Waals surface area contributed by atoms with Gasteiger partial charge >= 0.3 is 18.3 Å². The van der Waals surface area contributed by atoms with Crippen LogP contribution in [0.25, 0.3) is 0 Å². The molecule has 8 heteroatoms. The summed E-state index contributed by atoms with van der Waals surface area (Å²) in [6, 6.07) is 4.05. The summed E-state index contributed by atoms with van der Waals surface area (Å²) in [6.45, 7) is 0. The molecule has 0 spiro atoms. The molecule has 2 N–H and O–H groups in total. The Morgan fingerprint density at radius 2 is 1.83 bits per heavy atom. The summed E-state index contributed by atoms with van der Waals surface area (Å²) >= 11 is 0. The minimum absolute atomic E-state index is 0.0441. The average molecular weight is 262 g/mol. The first-order chi connectivity index (χ1) is 8.33. The molecule has 0 aliphatic heterocycles. The van der Waals surface area contributed by atoms with Gasteiger partial charge in [0.05, 0.1) is 18.4 Å². The minimum atomic E-state index is -4.84. The Hall–Kier alpha value is -2.25. The first kappa shape index (κ1) is 13.8. The molecule has 0 saturated carbocycles. The largest absolute Gasteiger partial charge is 0.485 e. The van der Waals surface area contributed by atoms with Crippen molar-refractivity contribution in [3.05, 3.63) is 29.8 Å². The Balaban J connectivity index is 2.85. The second-order valence-electron chi connectivity index (χ2n) is 3.11. The fourth-order valence-electron chi connectivity index (χ4n) is 1.16. The van der Waals surface area contributed by atoms with E-state index in [-0.39, 0.29) is 11.3 Å². The van der Waals surface area contributed by atoms with E-state index in [2.05, 4.69) is 4.74 Å². The average Bonchev–Trinajstić information content (AvgIpc) is 2.26. The van der Waals surface area contributed by atoms with Gasteiger partial charge < -0.3 is 10.1 Å². The molecule has 5 nitrogen and oxygen atoms in total. The van der Waals surface area contributed by atoms with E-state index in [0.29, 0.717) is 0 Å². The van der Waals surface area contributed by atoms with Crippen LogP contribution in [0.4, 0.5) is 23.7 Å². The van der Waals surface area contributed by atoms with Crippen LogP contribution < -0.4 is 10.6 Å². The van der Waals surface area contributed by atoms with Crippen LogP contribution in [0.15, 0.2) is 24.3 Å². The SMILES string of the molecule is COC(=O)c1ccccc1NC(=O)NC(F)(F)F. The van der Waals surface area contributed by atoms with E-state index in [4.69, 9.17) is 0 Å². The van der Waals surface area contributed by atoms with Gasteiger partial charge in [0.1, 0.15) is 0 Å². The van der Waals surface area contributed by atoms with E-state index in [0.717, 1.165) is 12.4 Å². The maximum atomic E-state index is 11.9. The summed E-state index contributed by atoms with van der Waals surface area (Å²) in [7, 11) is 1.12. The number of alkyl halides is 3. The zero-order valence-electron chi connectivity index (χ0n) is 9.17. The van der Waals surface area contributed by atoms with Gasteiger partial charge in [-0.25, -0.2) is 14.9 Å². The van der Waals surface area contributed by atoms with Crippen molar-refractivity contribution >= 4 is 17.7 Å². The number of halogens is 3. The maximum Gasteiger partial charge on any atom is 0.485 e. The highest BCUT2D eigenvalue weighted by Crippen LogP contribution is 2.17. The van der Waals surface area contributed by atoms with Gasteiger partial charge in [-0.2, -0.15) is 13.2 Å². The van der Waals surface area contributed by atoms with Gasteiger partial charge in [0.15, 0.2) is 0 Å². The van der Waals surface area contributed by atoms with Crippen molar-refractivity contribution in [2.75, 3.05) is 12.4 Å². The number of hydrogen-bond donors (Lipinski definition) is 2. The second kappa shape index (κ2) is 5.39. The number of anilines is 1. The molecule has 0 bridgehead atoms. The highest BCUT2D eigenvalue weighted by atomic mass is 19.4. The molecule has 0 unspecified atom stereocenters. The van der Waals surface area contributed by atoms with Crippen molar-refractivity contribution in [3.63, 3.8) is 0 Å². The number of methoxy groups -OCH3 is 1. The topological polar surface area (TPSA) is 67.4 Å². The zero-order chi connectivity index (χ0) is 13.8. The molecule has 1 aromatic carbocycles. The third-order valence-electron chi connectivity index (χ3n) is 1.84. The Bertz CT molecular complexity index is 460. The lowest BCUT2D eigenvalue weighted by Gasteiger charge is -2.12. The molecule has 98 valence electrons. The number of amides is 2. The molecule has 18 heavy (non-hydrogen) atoms. The van der Waals surface area contributed by atoms with Gasteiger partial charge in [0.2, 0.25) is 0 Å². The zero-order valence-corrected chi connectivity index (χ0v) is 9.17. The number of urea groups is 1. The molecule has 1 rings (SSSR count). The summed E-state index contributed by atoms with van der Waals surface area (Å²) < 4.78 is 40.0. The van der Waals surface area contributed by atoms with Crippen LogP contribution in [0.5, 0.6) is 0 Å². The van der Waals surface area contributed by atoms with Crippen LogP contribution in [-0.4, -0.2) is 25.4 Å². The molecule has 0 aliphatic carbocycles. The third kappa shape index (κ3) is 3.96. The Kier molecular flexibility index (Phi) is 4.13. The molecule has 0 aliphatic rings. The minimum Gasteiger partial charge on any atom is -0.465 e. The molecule has 1 aromatic rings. The fraction of sp³-hybridized carbons (Fsp3) is 0.200. The van der Waals surface area contributed by atoms with E-state index in [1.165, 1.54) is 24.3 Å². The second-order valence-corrected chi connectivity index (χ2v) is 3.11. The third-order valence-corrected chi connectivity index (χ3v) is 1.84. The normalized spacial score (nSPS) is 10.7. The summed E-state index contributed by atoms with van der Waals surface area (Å²) in [5.74, 6) is -0.766. The van der Waals surface area contributed by atoms with E-state index < -0.39 is 18.3 Å². The molecular weight excluding hydrogens is 253 g/mol. The Morgan fingerprint density at radius 1 is 1.22 bits per heavy atom. The lowest BCUT2D eigenvalue weighted by molar-refractivity contribution is -0.144. The van der Waals surface area contributed by atoms with E-state index in [1.54, 1.807) is 0 Å². The quantitative estimate of drug-likeness (QED) is 0.633. The highest BCUT2D eigenvalue weighted by Gasteiger charge is 2.30. The summed E-state index contributed by atoms with van der Waals surface area (Å²) in [5.41, 5.74) is -0.122. The van der Waals surface area contributed by atoms with E-state index >= 15 is 0 Å². The molecule has 0 aromatic heterocycles. The van der Waals surface area contributed by atoms with Crippen molar-refractivity contribution in [1.82, 2.24) is 5.32 Å². The number of benzene rings is 1. The Morgan fingerprint density at radius 3 is 2.39 bits per heavy atom. The Labute approximate surface area is 99.9 Å². The summed E-state index contributed by atoms with van der Waals surface area (Å²) in [5, 5.41) is 2.66. The van der Waals surface area contributed by atoms with Gasteiger partial charge in [-0.3, -0.25) is 0 Å². The van der Waals surface area contributed by atoms with Crippen molar-refractivity contribution in [1.29, 1.82) is 0 Å². The van der Waals surface area contributed by atoms with Gasteiger partial charge in [-0.05, 0) is 12.1 Å². The van der Waals surface area contributed by atoms with Crippen molar-refractivity contribution in [2.24, 2.45) is 0 Å². The standard InChI is InChI=1S/C10H9F3N2O3/c1-18-8(16)6-4-2-3-5-7(6)14-9(17)15-10(11,12)13/h2-5H,1H3,(H2,14,15,17). The molecule has 0 saturated heterocycles. The van der Waals surface area contributed by atoms with Crippen LogP contribution in [0.2, 0.25) is 0 Å². The monoisotopic (exact) mass is 262 g/mol. The van der Waals surface area contributed by atoms with Crippen LogP contribution in [0.3, 0.4) is 0 Å². The predicted molar refractivity (Wildman–Crippen MR) is 56.0 cm³/mol. The predicted octanol–water partition coefficient (Wildman–Crippen LogP) is 2.11. The van der Waals surface area contributed by atoms with Crippen LogP contribution in [0, 0.1) is 0 Å². The fourth-order valence-corrected chi connectivity index (χ4v) is 1.16. The van der Waals surface area contributed by atoms with Crippen LogP contribution in [-0.2, 0) is 4.74 Å². The molecule has 2 amide bonds. The van der Waals surface area contributed by atoms with Gasteiger partial charge in [-0.1, -0.05) is 12.1 Å². The number of nitrogens with one attached hydrogen (secondary N) is 2. The number of carbonyl (C=O) groups is 2. The lowest BCUT2D eigenvalue weighted by Crippen LogP contribution is -2.40. The van der Waals surface area contributed by atoms with Crippen molar-refractivity contribution in [3.8, 4) is 0 Å². The molecule has 0 heterocycles. The highest BCUT2D eigenvalue weighted by molar-refractivity contribution is 6.00. The van der Waals surface area contributed by atoms with Crippen molar-refractivity contribution in [2.45, 2.75) is 6.30 Å². The van der Waals surface area contributed by atoms with E-state index in [1.807, 2.05) is 5.32 Å². The first-order valence-electron chi connectivity index (χ1n) is 4.66. The number of rotatable bonds is 2. The molecule has 0 fully saturated rings. The first-order valence-corrected chi connectivity index (χ1v) is 4.66. The van der Waals surface area contributed by atoms with Crippen molar-refractivity contribution < 1.29 is 27.5 Å². The van der Waals surface area contributed by atoms with Gasteiger partial charge in [0, 0.05) is 0 Å². The number of para-hydroxylation sites is 1. The lowest BCUT2D eigenvalue weighted by atomic mass is 10.2. The van der Waals surface area contributed by atoms with Gasteiger partial charge in [0.25, 0.3) is 0 Å². The maximum absolute atomic E-state index is 11.9. The summed E-state index contributed by atoms with van der Waals surface area (Å²) in [6.07, 6.45) is -4.84.